The van der Waals surface area contributed by atoms with Crippen LogP contribution in [0.25, 0.3) is 5.69 Å². The van der Waals surface area contributed by atoms with E-state index in [1.54, 1.807) is 0 Å². The summed E-state index contributed by atoms with van der Waals surface area (Å²) in [5.74, 6) is -2.68. The first-order valence-electron chi connectivity index (χ1n) is 6.83. The lowest BCUT2D eigenvalue weighted by Crippen LogP contribution is -2.06. The summed E-state index contributed by atoms with van der Waals surface area (Å²) in [5, 5.41) is 3.30. The molecule has 0 atom stereocenters. The smallest absolute Gasteiger partial charge is 0.255 e. The lowest BCUT2D eigenvalue weighted by molar-refractivity contribution is 0.145. The third kappa shape index (κ3) is 3.60. The van der Waals surface area contributed by atoms with Crippen molar-refractivity contribution in [3.63, 3.8) is 0 Å². The van der Waals surface area contributed by atoms with Gasteiger partial charge in [-0.15, -0.1) is 0 Å². The van der Waals surface area contributed by atoms with E-state index in [1.807, 2.05) is 0 Å². The van der Waals surface area contributed by atoms with Crippen molar-refractivity contribution >= 4 is 11.6 Å². The first-order chi connectivity index (χ1) is 11.8. The van der Waals surface area contributed by atoms with Gasteiger partial charge >= 0.3 is 0 Å². The summed E-state index contributed by atoms with van der Waals surface area (Å²) in [4.78, 5) is 7.19. The predicted molar refractivity (Wildman–Crippen MR) is 78.2 cm³/mol. The Kier molecular flexibility index (Phi) is 4.67. The minimum atomic E-state index is -2.89. The van der Waals surface area contributed by atoms with Crippen LogP contribution in [0, 0.1) is 17.5 Å². The van der Waals surface area contributed by atoms with Gasteiger partial charge < -0.3 is 0 Å². The third-order valence-corrected chi connectivity index (χ3v) is 3.56. The van der Waals surface area contributed by atoms with Crippen molar-refractivity contribution in [1.82, 2.24) is 19.7 Å². The summed E-state index contributed by atoms with van der Waals surface area (Å²) in [5.41, 5.74) is -0.651. The van der Waals surface area contributed by atoms with Crippen LogP contribution in [0.1, 0.15) is 23.5 Å². The van der Waals surface area contributed by atoms with Gasteiger partial charge in [-0.2, -0.15) is 5.10 Å². The molecule has 3 aromatic heterocycles. The standard InChI is InChI=1S/C15H8ClF5N4/c16-14-11(19)2-9(6-23-14)25-8(4-13(24-25)15(20)21)3-12-10(18)1-7(17)5-22-12/h1-2,4-6,15H,3H2. The maximum Gasteiger partial charge on any atom is 0.282 e. The Labute approximate surface area is 142 Å². The van der Waals surface area contributed by atoms with Gasteiger partial charge in [-0.05, 0) is 6.07 Å². The molecule has 0 saturated carbocycles. The quantitative estimate of drug-likeness (QED) is 0.506. The number of hydrogen-bond donors (Lipinski definition) is 0. The van der Waals surface area contributed by atoms with E-state index in [2.05, 4.69) is 15.1 Å². The Morgan fingerprint density at radius 2 is 1.76 bits per heavy atom. The summed E-state index contributed by atoms with van der Waals surface area (Å²) >= 11 is 5.50. The summed E-state index contributed by atoms with van der Waals surface area (Å²) in [6.07, 6.45) is -1.23. The molecule has 0 aromatic carbocycles. The number of aromatic nitrogens is 4. The topological polar surface area (TPSA) is 43.6 Å². The molecular weight excluding hydrogens is 367 g/mol. The normalized spacial score (nSPS) is 11.3. The molecule has 0 fully saturated rings. The molecule has 4 nitrogen and oxygen atoms in total. The van der Waals surface area contributed by atoms with Crippen LogP contribution in [0.4, 0.5) is 22.0 Å². The minimum absolute atomic E-state index is 0.0197. The fourth-order valence-electron chi connectivity index (χ4n) is 2.17. The van der Waals surface area contributed by atoms with Crippen molar-refractivity contribution < 1.29 is 22.0 Å². The molecule has 0 saturated heterocycles. The number of rotatable bonds is 4. The van der Waals surface area contributed by atoms with E-state index in [1.165, 1.54) is 0 Å². The van der Waals surface area contributed by atoms with Crippen molar-refractivity contribution in [2.24, 2.45) is 0 Å². The van der Waals surface area contributed by atoms with Gasteiger partial charge in [0.15, 0.2) is 11.0 Å². The Hall–Kier alpha value is -2.55. The Morgan fingerprint density at radius 1 is 1.00 bits per heavy atom. The van der Waals surface area contributed by atoms with Crippen molar-refractivity contribution in [2.75, 3.05) is 0 Å². The van der Waals surface area contributed by atoms with Crippen molar-refractivity contribution in [3.05, 3.63) is 70.3 Å². The van der Waals surface area contributed by atoms with Crippen LogP contribution in [0.15, 0.2) is 30.6 Å². The van der Waals surface area contributed by atoms with Crippen LogP contribution in [0.2, 0.25) is 5.15 Å². The average molecular weight is 375 g/mol. The van der Waals surface area contributed by atoms with E-state index < -0.39 is 34.7 Å². The molecule has 3 aromatic rings. The lowest BCUT2D eigenvalue weighted by atomic mass is 10.2. The molecule has 0 aliphatic heterocycles. The molecule has 3 rings (SSSR count). The summed E-state index contributed by atoms with van der Waals surface area (Å²) in [7, 11) is 0. The van der Waals surface area contributed by atoms with Crippen molar-refractivity contribution in [3.8, 4) is 5.69 Å². The van der Waals surface area contributed by atoms with E-state index in [4.69, 9.17) is 11.6 Å². The number of halogens is 6. The van der Waals surface area contributed by atoms with Crippen LogP contribution in [0.3, 0.4) is 0 Å². The van der Waals surface area contributed by atoms with E-state index in [0.29, 0.717) is 6.07 Å². The maximum absolute atomic E-state index is 13.8. The largest absolute Gasteiger partial charge is 0.282 e. The molecule has 130 valence electrons. The highest BCUT2D eigenvalue weighted by atomic mass is 35.5. The molecule has 3 heterocycles. The highest BCUT2D eigenvalue weighted by Crippen LogP contribution is 2.24. The van der Waals surface area contributed by atoms with Gasteiger partial charge in [0.2, 0.25) is 0 Å². The highest BCUT2D eigenvalue weighted by molar-refractivity contribution is 6.29. The molecule has 0 spiro atoms. The van der Waals surface area contributed by atoms with Gasteiger partial charge in [0.1, 0.15) is 17.3 Å². The average Bonchev–Trinajstić information content (AvgIpc) is 2.97. The van der Waals surface area contributed by atoms with Crippen LogP contribution in [-0.4, -0.2) is 19.7 Å². The van der Waals surface area contributed by atoms with Gasteiger partial charge in [-0.1, -0.05) is 11.6 Å². The number of nitrogens with zero attached hydrogens (tertiary/aromatic N) is 4. The van der Waals surface area contributed by atoms with E-state index >= 15 is 0 Å². The summed E-state index contributed by atoms with van der Waals surface area (Å²) in [6, 6.07) is 2.61. The second-order valence-electron chi connectivity index (χ2n) is 5.00. The second kappa shape index (κ2) is 6.75. The predicted octanol–water partition coefficient (Wildman–Crippen LogP) is 4.26. The van der Waals surface area contributed by atoms with Crippen LogP contribution >= 0.6 is 11.6 Å². The third-order valence-electron chi connectivity index (χ3n) is 3.28. The lowest BCUT2D eigenvalue weighted by Gasteiger charge is -2.08. The molecule has 0 bridgehead atoms. The van der Waals surface area contributed by atoms with Gasteiger partial charge in [0.25, 0.3) is 6.43 Å². The molecular formula is C15H8ClF5N4. The maximum atomic E-state index is 13.8. The highest BCUT2D eigenvalue weighted by Gasteiger charge is 2.19. The fraction of sp³-hybridized carbons (Fsp3) is 0.133. The van der Waals surface area contributed by atoms with Gasteiger partial charge in [0.05, 0.1) is 29.5 Å². The Bertz CT molecular complexity index is 928. The first-order valence-corrected chi connectivity index (χ1v) is 7.21. The minimum Gasteiger partial charge on any atom is -0.255 e. The summed E-state index contributed by atoms with van der Waals surface area (Å²) < 4.78 is 67.2. The van der Waals surface area contributed by atoms with E-state index in [9.17, 15) is 22.0 Å². The van der Waals surface area contributed by atoms with Gasteiger partial charge in [-0.3, -0.25) is 4.98 Å². The van der Waals surface area contributed by atoms with E-state index in [-0.39, 0.29) is 23.5 Å². The molecule has 0 amide bonds. The monoisotopic (exact) mass is 374 g/mol. The Morgan fingerprint density at radius 3 is 2.40 bits per heavy atom. The SMILES string of the molecule is Fc1cnc(Cc2cc(C(F)F)nn2-c2cnc(Cl)c(F)c2)c(F)c1. The number of pyridine rings is 2. The molecule has 0 radical (unpaired) electrons. The Balaban J connectivity index is 2.07. The summed E-state index contributed by atoms with van der Waals surface area (Å²) in [6.45, 7) is 0. The zero-order valence-corrected chi connectivity index (χ0v) is 13.0. The molecule has 0 N–H and O–H groups in total. The first kappa shape index (κ1) is 17.3. The molecule has 25 heavy (non-hydrogen) atoms. The molecule has 0 aliphatic carbocycles. The van der Waals surface area contributed by atoms with Crippen LogP contribution < -0.4 is 0 Å². The van der Waals surface area contributed by atoms with E-state index in [0.717, 1.165) is 29.2 Å². The van der Waals surface area contributed by atoms with Crippen molar-refractivity contribution in [1.29, 1.82) is 0 Å². The van der Waals surface area contributed by atoms with Crippen LogP contribution in [-0.2, 0) is 6.42 Å². The fourth-order valence-corrected chi connectivity index (χ4v) is 2.27. The zero-order valence-electron chi connectivity index (χ0n) is 12.2. The molecule has 0 unspecified atom stereocenters. The molecule has 10 heteroatoms. The second-order valence-corrected chi connectivity index (χ2v) is 5.36. The van der Waals surface area contributed by atoms with Crippen LogP contribution in [0.5, 0.6) is 0 Å². The molecule has 0 aliphatic rings. The van der Waals surface area contributed by atoms with Gasteiger partial charge in [-0.25, -0.2) is 31.6 Å². The van der Waals surface area contributed by atoms with Crippen molar-refractivity contribution in [2.45, 2.75) is 12.8 Å². The zero-order chi connectivity index (χ0) is 18.1. The number of alkyl halides is 2. The number of hydrogen-bond acceptors (Lipinski definition) is 3. The van der Waals surface area contributed by atoms with Gasteiger partial charge in [0, 0.05) is 18.6 Å².